The van der Waals surface area contributed by atoms with Crippen LogP contribution in [0.1, 0.15) is 75.4 Å². The fourth-order valence-corrected chi connectivity index (χ4v) is 10.4. The molecule has 0 amide bonds. The Morgan fingerprint density at radius 1 is 0.329 bits per heavy atom. The van der Waals surface area contributed by atoms with Gasteiger partial charge in [0.15, 0.2) is 52.8 Å². The molecule has 10 rings (SSSR count). The smallest absolute Gasteiger partial charge is 0.161 e. The highest BCUT2D eigenvalue weighted by Gasteiger charge is 2.53. The number of hydrogen-bond donors (Lipinski definition) is 3. The molecule has 6 aromatic carbocycles. The minimum absolute atomic E-state index is 0.134. The van der Waals surface area contributed by atoms with Gasteiger partial charge in [0.25, 0.3) is 0 Å². The highest BCUT2D eigenvalue weighted by atomic mass is 16.6. The second-order valence-electron chi connectivity index (χ2n) is 17.5. The molecule has 73 heavy (non-hydrogen) atoms. The maximum Gasteiger partial charge on any atom is 0.161 e. The van der Waals surface area contributed by atoms with Crippen LogP contribution in [0.4, 0.5) is 0 Å². The van der Waals surface area contributed by atoms with E-state index in [0.717, 1.165) is 0 Å². The van der Waals surface area contributed by atoms with Gasteiger partial charge in [-0.1, -0.05) is 18.2 Å². The zero-order valence-electron chi connectivity index (χ0n) is 41.7. The Labute approximate surface area is 421 Å². The number of benzene rings is 6. The van der Waals surface area contributed by atoms with Gasteiger partial charge in [-0.2, -0.15) is 0 Å². The summed E-state index contributed by atoms with van der Waals surface area (Å²) in [5.74, 6) is 3.96. The molecule has 384 valence electrons. The Morgan fingerprint density at radius 2 is 0.726 bits per heavy atom. The Hall–Kier alpha value is -7.64. The van der Waals surface area contributed by atoms with Gasteiger partial charge in [0.2, 0.25) is 0 Å². The molecule has 0 aromatic heterocycles. The molecule has 9 atom stereocenters. The van der Waals surface area contributed by atoms with E-state index < -0.39 is 54.7 Å². The number of ether oxygens (including phenoxy) is 15. The van der Waals surface area contributed by atoms with Crippen molar-refractivity contribution in [1.29, 1.82) is 0 Å². The molecular weight excluding hydrogens is 949 g/mol. The molecule has 0 spiro atoms. The van der Waals surface area contributed by atoms with Crippen molar-refractivity contribution in [2.24, 2.45) is 0 Å². The van der Waals surface area contributed by atoms with E-state index in [-0.39, 0.29) is 28.6 Å². The van der Waals surface area contributed by atoms with Gasteiger partial charge < -0.3 is 86.4 Å². The second kappa shape index (κ2) is 19.8. The summed E-state index contributed by atoms with van der Waals surface area (Å²) in [7, 11) is 15.2. The van der Waals surface area contributed by atoms with E-state index in [1.54, 1.807) is 84.9 Å². The van der Waals surface area contributed by atoms with Crippen LogP contribution in [0.25, 0.3) is 0 Å². The van der Waals surface area contributed by atoms with Gasteiger partial charge in [0.05, 0.1) is 88.1 Å². The maximum absolute atomic E-state index is 13.1. The minimum atomic E-state index is -1.50. The first-order valence-corrected chi connectivity index (χ1v) is 23.2. The van der Waals surface area contributed by atoms with Crippen molar-refractivity contribution in [3.63, 3.8) is 0 Å². The van der Waals surface area contributed by atoms with Crippen molar-refractivity contribution < 1.29 is 86.4 Å². The average Bonchev–Trinajstić information content (AvgIpc) is 3.42. The molecule has 0 bridgehead atoms. The summed E-state index contributed by atoms with van der Waals surface area (Å²) in [6, 6.07) is 24.0. The third kappa shape index (κ3) is 8.14. The van der Waals surface area contributed by atoms with Gasteiger partial charge in [-0.25, -0.2) is 0 Å². The van der Waals surface area contributed by atoms with E-state index in [0.29, 0.717) is 96.6 Å². The molecule has 0 saturated heterocycles. The third-order valence-electron chi connectivity index (χ3n) is 13.9. The molecule has 6 aromatic rings. The number of rotatable bonds is 14. The quantitative estimate of drug-likeness (QED) is 0.0941. The molecule has 0 saturated carbocycles. The average molecular weight is 1010 g/mol. The normalized spacial score (nSPS) is 23.1. The van der Waals surface area contributed by atoms with Crippen molar-refractivity contribution in [3.05, 3.63) is 124 Å². The number of hydrogen-bond acceptors (Lipinski definition) is 18. The summed E-state index contributed by atoms with van der Waals surface area (Å²) in [6.07, 6.45) is -10.2. The van der Waals surface area contributed by atoms with Crippen LogP contribution in [0.5, 0.6) is 86.2 Å². The summed E-state index contributed by atoms with van der Waals surface area (Å²) in [6.45, 7) is 0. The predicted octanol–water partition coefficient (Wildman–Crippen LogP) is 8.29. The lowest BCUT2D eigenvalue weighted by Crippen LogP contribution is -2.42. The Morgan fingerprint density at radius 3 is 1.21 bits per heavy atom. The molecule has 0 radical (unpaired) electrons. The topological polar surface area (TPSA) is 199 Å². The van der Waals surface area contributed by atoms with Gasteiger partial charge in [-0.15, -0.1) is 0 Å². The van der Waals surface area contributed by atoms with E-state index in [1.807, 2.05) is 0 Å². The standard InChI is InChI=1S/C55H56O18/c1-59-28-20-36(67-9)42-38(21-28)70-50(25-11-14-30(61-3)33(17-25)64-6)47(56)46(42)44-37(68-10)24-41-45-53(44)72-52(27-13-16-32(63-5)35(19-27)66-8)49(58)55(45)73-54-43-39(69-41)22-29(60-2)23-40(43)71-51(48(54)57)26-12-15-31(62-4)34(18-26)65-7/h11-24,46-52,54-58H,1-10H3. The third-order valence-corrected chi connectivity index (χ3v) is 13.9. The second-order valence-corrected chi connectivity index (χ2v) is 17.5. The highest BCUT2D eigenvalue weighted by molar-refractivity contribution is 5.69. The van der Waals surface area contributed by atoms with Gasteiger partial charge >= 0.3 is 0 Å². The number of fused-ring (bicyclic) bond motifs is 1. The van der Waals surface area contributed by atoms with Crippen molar-refractivity contribution in [3.8, 4) is 86.2 Å². The maximum atomic E-state index is 13.1. The zero-order valence-corrected chi connectivity index (χ0v) is 41.7. The summed E-state index contributed by atoms with van der Waals surface area (Å²) in [5.41, 5.74) is 2.91. The van der Waals surface area contributed by atoms with Crippen molar-refractivity contribution in [2.75, 3.05) is 71.1 Å². The molecule has 4 heterocycles. The summed E-state index contributed by atoms with van der Waals surface area (Å²) in [5, 5.41) is 38.8. The first-order chi connectivity index (χ1) is 35.4. The van der Waals surface area contributed by atoms with Crippen LogP contribution in [0, 0.1) is 0 Å². The van der Waals surface area contributed by atoms with Gasteiger partial charge in [0.1, 0.15) is 82.3 Å². The molecular formula is C55H56O18. The lowest BCUT2D eigenvalue weighted by molar-refractivity contribution is -0.177. The fourth-order valence-electron chi connectivity index (χ4n) is 10.4. The van der Waals surface area contributed by atoms with Crippen LogP contribution in [0.2, 0.25) is 0 Å². The minimum Gasteiger partial charge on any atom is -0.496 e. The van der Waals surface area contributed by atoms with Crippen LogP contribution < -0.4 is 66.3 Å². The van der Waals surface area contributed by atoms with Crippen molar-refractivity contribution >= 4 is 0 Å². The molecule has 4 aliphatic heterocycles. The molecule has 18 nitrogen and oxygen atoms in total. The molecule has 3 N–H and O–H groups in total. The van der Waals surface area contributed by atoms with E-state index in [9.17, 15) is 15.3 Å². The predicted molar refractivity (Wildman–Crippen MR) is 261 cm³/mol. The molecule has 0 aliphatic carbocycles. The molecule has 4 aliphatic rings. The summed E-state index contributed by atoms with van der Waals surface area (Å²) < 4.78 is 92.5. The van der Waals surface area contributed by atoms with Crippen LogP contribution in [0.15, 0.2) is 84.9 Å². The summed E-state index contributed by atoms with van der Waals surface area (Å²) >= 11 is 0. The first-order valence-electron chi connectivity index (χ1n) is 23.2. The SMILES string of the molecule is COc1cc2c3c(c1)OC(c1ccc(OC)c(OC)c1)C(O)C3OC1c3c(cc(OC)c(C4c5c(OC)cc(OC)cc5OC(c5ccc(OC)c(OC)c5)C4O)c3OC(c3ccc(OC)c(OC)c3)C1O)O2. The van der Waals surface area contributed by atoms with Gasteiger partial charge in [-0.3, -0.25) is 0 Å². The monoisotopic (exact) mass is 1000 g/mol. The van der Waals surface area contributed by atoms with E-state index in [4.69, 9.17) is 71.1 Å². The Bertz CT molecular complexity index is 3050. The first kappa shape index (κ1) is 49.0. The molecule has 9 unspecified atom stereocenters. The van der Waals surface area contributed by atoms with E-state index in [2.05, 4.69) is 0 Å². The number of aliphatic hydroxyl groups excluding tert-OH is 3. The van der Waals surface area contributed by atoms with Crippen LogP contribution in [-0.2, 0) is 4.74 Å². The van der Waals surface area contributed by atoms with E-state index in [1.165, 1.54) is 71.1 Å². The van der Waals surface area contributed by atoms with Crippen molar-refractivity contribution in [2.45, 2.75) is 54.7 Å². The van der Waals surface area contributed by atoms with Crippen LogP contribution in [-0.4, -0.2) is 105 Å². The van der Waals surface area contributed by atoms with Crippen LogP contribution in [0.3, 0.4) is 0 Å². The zero-order chi connectivity index (χ0) is 51.4. The van der Waals surface area contributed by atoms with Crippen molar-refractivity contribution in [1.82, 2.24) is 0 Å². The van der Waals surface area contributed by atoms with Gasteiger partial charge in [0, 0.05) is 41.5 Å². The Balaban J connectivity index is 1.24. The number of methoxy groups -OCH3 is 10. The summed E-state index contributed by atoms with van der Waals surface area (Å²) in [4.78, 5) is 0. The lowest BCUT2D eigenvalue weighted by atomic mass is 9.76. The Kier molecular flexibility index (Phi) is 13.3. The highest BCUT2D eigenvalue weighted by Crippen LogP contribution is 2.63. The number of aliphatic hydroxyl groups is 3. The lowest BCUT2D eigenvalue weighted by Gasteiger charge is -2.46. The van der Waals surface area contributed by atoms with Gasteiger partial charge in [-0.05, 0) is 53.1 Å². The molecule has 0 fully saturated rings. The van der Waals surface area contributed by atoms with Crippen LogP contribution >= 0.6 is 0 Å². The largest absolute Gasteiger partial charge is 0.496 e. The fraction of sp³-hybridized carbons (Fsp3) is 0.345. The molecule has 18 heteroatoms. The van der Waals surface area contributed by atoms with E-state index >= 15 is 0 Å².